The minimum atomic E-state index is -0.565. The second-order valence-electron chi connectivity index (χ2n) is 5.21. The minimum absolute atomic E-state index is 0.308. The third kappa shape index (κ3) is 2.76. The van der Waals surface area contributed by atoms with Gasteiger partial charge >= 0.3 is 0 Å². The van der Waals surface area contributed by atoms with E-state index >= 15 is 0 Å². The van der Waals surface area contributed by atoms with E-state index in [0.717, 1.165) is 42.4 Å². The molecule has 3 rings (SSSR count). The first-order chi connectivity index (χ1) is 10.2. The minimum Gasteiger partial charge on any atom is -0.493 e. The predicted octanol–water partition coefficient (Wildman–Crippen LogP) is 3.60. The largest absolute Gasteiger partial charge is 0.493 e. The van der Waals surface area contributed by atoms with Crippen LogP contribution >= 0.6 is 0 Å². The molecule has 0 spiro atoms. The first-order valence-corrected chi connectivity index (χ1v) is 7.07. The number of rotatable bonds is 3. The van der Waals surface area contributed by atoms with Crippen LogP contribution in [0.15, 0.2) is 36.4 Å². The van der Waals surface area contributed by atoms with Gasteiger partial charge in [0.2, 0.25) is 0 Å². The lowest BCUT2D eigenvalue weighted by atomic mass is 9.94. The van der Waals surface area contributed by atoms with Gasteiger partial charge in [0.1, 0.15) is 17.4 Å². The van der Waals surface area contributed by atoms with E-state index in [-0.39, 0.29) is 6.04 Å². The molecule has 1 N–H and O–H groups in total. The van der Waals surface area contributed by atoms with Crippen molar-refractivity contribution in [2.45, 2.75) is 18.9 Å². The Kier molecular flexibility index (Phi) is 3.88. The van der Waals surface area contributed by atoms with Crippen LogP contribution in [0.4, 0.5) is 8.78 Å². The highest BCUT2D eigenvalue weighted by atomic mass is 19.1. The molecule has 0 amide bonds. The number of nitrogens with one attached hydrogen (secondary N) is 1. The average Bonchev–Trinajstić information content (AvgIpc) is 2.50. The lowest BCUT2D eigenvalue weighted by Crippen LogP contribution is -2.20. The Hall–Kier alpha value is -1.94. The Morgan fingerprint density at radius 2 is 2.00 bits per heavy atom. The number of halogens is 2. The summed E-state index contributed by atoms with van der Waals surface area (Å²) in [7, 11) is 1.77. The Balaban J connectivity index is 1.99. The Labute approximate surface area is 122 Å². The molecular weight excluding hydrogens is 272 g/mol. The molecule has 110 valence electrons. The highest BCUT2D eigenvalue weighted by Gasteiger charge is 2.19. The summed E-state index contributed by atoms with van der Waals surface area (Å²) in [6.07, 6.45) is 1.96. The van der Waals surface area contributed by atoms with Gasteiger partial charge in [-0.1, -0.05) is 18.2 Å². The van der Waals surface area contributed by atoms with E-state index in [9.17, 15) is 8.78 Å². The molecular formula is C17H17F2NO. The molecule has 1 atom stereocenters. The van der Waals surface area contributed by atoms with Crippen LogP contribution in [-0.4, -0.2) is 13.7 Å². The van der Waals surface area contributed by atoms with E-state index in [1.807, 2.05) is 18.2 Å². The summed E-state index contributed by atoms with van der Waals surface area (Å²) in [5.74, 6) is -0.201. The summed E-state index contributed by atoms with van der Waals surface area (Å²) in [5.41, 5.74) is 2.53. The molecule has 1 aliphatic heterocycles. The van der Waals surface area contributed by atoms with Crippen LogP contribution < -0.4 is 10.1 Å². The van der Waals surface area contributed by atoms with E-state index in [4.69, 9.17) is 4.74 Å². The fraction of sp³-hybridized carbons (Fsp3) is 0.294. The second kappa shape index (κ2) is 5.82. The lowest BCUT2D eigenvalue weighted by molar-refractivity contribution is 0.288. The average molecular weight is 289 g/mol. The SMILES string of the molecule is CNC(c1ccc2c(c1)CCCO2)c1ccc(F)cc1F. The fourth-order valence-electron chi connectivity index (χ4n) is 2.80. The predicted molar refractivity (Wildman–Crippen MR) is 77.5 cm³/mol. The number of hydrogen-bond donors (Lipinski definition) is 1. The highest BCUT2D eigenvalue weighted by molar-refractivity contribution is 5.42. The van der Waals surface area contributed by atoms with Crippen molar-refractivity contribution in [3.63, 3.8) is 0 Å². The van der Waals surface area contributed by atoms with Crippen LogP contribution in [0.5, 0.6) is 5.75 Å². The Morgan fingerprint density at radius 1 is 1.14 bits per heavy atom. The van der Waals surface area contributed by atoms with Gasteiger partial charge in [-0.2, -0.15) is 0 Å². The molecule has 0 radical (unpaired) electrons. The van der Waals surface area contributed by atoms with Crippen molar-refractivity contribution >= 4 is 0 Å². The maximum Gasteiger partial charge on any atom is 0.131 e. The molecule has 0 fully saturated rings. The molecule has 2 aromatic rings. The molecule has 21 heavy (non-hydrogen) atoms. The molecule has 1 heterocycles. The zero-order valence-electron chi connectivity index (χ0n) is 11.8. The first-order valence-electron chi connectivity index (χ1n) is 7.07. The molecule has 0 saturated heterocycles. The van der Waals surface area contributed by atoms with Crippen molar-refractivity contribution < 1.29 is 13.5 Å². The van der Waals surface area contributed by atoms with E-state index in [1.54, 1.807) is 7.05 Å². The van der Waals surface area contributed by atoms with Gasteiger partial charge in [-0.15, -0.1) is 0 Å². The topological polar surface area (TPSA) is 21.3 Å². The monoisotopic (exact) mass is 289 g/mol. The summed E-state index contributed by atoms with van der Waals surface area (Å²) in [4.78, 5) is 0. The van der Waals surface area contributed by atoms with Crippen LogP contribution in [0.3, 0.4) is 0 Å². The normalized spacial score (nSPS) is 15.2. The highest BCUT2D eigenvalue weighted by Crippen LogP contribution is 2.31. The fourth-order valence-corrected chi connectivity index (χ4v) is 2.80. The molecule has 0 aliphatic carbocycles. The molecule has 2 aromatic carbocycles. The van der Waals surface area contributed by atoms with E-state index in [0.29, 0.717) is 5.56 Å². The summed E-state index contributed by atoms with van der Waals surface area (Å²) in [6, 6.07) is 9.27. The molecule has 1 aliphatic rings. The molecule has 0 bridgehead atoms. The summed E-state index contributed by atoms with van der Waals surface area (Å²) in [6.45, 7) is 0.744. The number of benzene rings is 2. The van der Waals surface area contributed by atoms with Crippen molar-refractivity contribution in [2.75, 3.05) is 13.7 Å². The van der Waals surface area contributed by atoms with Crippen molar-refractivity contribution in [3.8, 4) is 5.75 Å². The quantitative estimate of drug-likeness (QED) is 0.932. The van der Waals surface area contributed by atoms with Crippen molar-refractivity contribution in [1.29, 1.82) is 0 Å². The van der Waals surface area contributed by atoms with Crippen molar-refractivity contribution in [3.05, 3.63) is 64.7 Å². The molecule has 2 nitrogen and oxygen atoms in total. The molecule has 1 unspecified atom stereocenters. The third-order valence-corrected chi connectivity index (χ3v) is 3.83. The van der Waals surface area contributed by atoms with Gasteiger partial charge in [-0.3, -0.25) is 0 Å². The lowest BCUT2D eigenvalue weighted by Gasteiger charge is -2.22. The number of ether oxygens (including phenoxy) is 1. The Morgan fingerprint density at radius 3 is 2.76 bits per heavy atom. The molecule has 0 saturated carbocycles. The van der Waals surface area contributed by atoms with Gasteiger partial charge in [0.05, 0.1) is 12.6 Å². The van der Waals surface area contributed by atoms with Crippen LogP contribution in [0.1, 0.15) is 29.2 Å². The number of aryl methyl sites for hydroxylation is 1. The van der Waals surface area contributed by atoms with Gasteiger partial charge in [-0.25, -0.2) is 8.78 Å². The summed E-state index contributed by atoms with van der Waals surface area (Å²) in [5, 5.41) is 3.10. The standard InChI is InChI=1S/C17H17F2NO/c1-20-17(14-6-5-13(18)10-15(14)19)12-4-7-16-11(9-12)3-2-8-21-16/h4-7,9-10,17,20H,2-3,8H2,1H3. The van der Waals surface area contributed by atoms with Crippen LogP contribution in [0, 0.1) is 11.6 Å². The molecule has 4 heteroatoms. The second-order valence-corrected chi connectivity index (χ2v) is 5.21. The van der Waals surface area contributed by atoms with E-state index in [1.165, 1.54) is 12.1 Å². The summed E-state index contributed by atoms with van der Waals surface area (Å²) >= 11 is 0. The third-order valence-electron chi connectivity index (χ3n) is 3.83. The maximum absolute atomic E-state index is 14.0. The van der Waals surface area contributed by atoms with Gasteiger partial charge in [0.25, 0.3) is 0 Å². The van der Waals surface area contributed by atoms with Crippen LogP contribution in [0.2, 0.25) is 0 Å². The van der Waals surface area contributed by atoms with E-state index in [2.05, 4.69) is 5.32 Å². The van der Waals surface area contributed by atoms with Crippen molar-refractivity contribution in [1.82, 2.24) is 5.32 Å². The van der Waals surface area contributed by atoms with Crippen LogP contribution in [-0.2, 0) is 6.42 Å². The number of fused-ring (bicyclic) bond motifs is 1. The first kappa shape index (κ1) is 14.0. The Bertz CT molecular complexity index is 657. The smallest absolute Gasteiger partial charge is 0.131 e. The zero-order chi connectivity index (χ0) is 14.8. The zero-order valence-corrected chi connectivity index (χ0v) is 11.8. The van der Waals surface area contributed by atoms with Gasteiger partial charge in [0, 0.05) is 11.6 Å². The van der Waals surface area contributed by atoms with Crippen LogP contribution in [0.25, 0.3) is 0 Å². The van der Waals surface area contributed by atoms with Gasteiger partial charge < -0.3 is 10.1 Å². The van der Waals surface area contributed by atoms with Crippen molar-refractivity contribution in [2.24, 2.45) is 0 Å². The summed E-state index contributed by atoms with van der Waals surface area (Å²) < 4.78 is 32.7. The number of hydrogen-bond acceptors (Lipinski definition) is 2. The van der Waals surface area contributed by atoms with Gasteiger partial charge in [-0.05, 0) is 43.1 Å². The van der Waals surface area contributed by atoms with E-state index < -0.39 is 11.6 Å². The maximum atomic E-state index is 14.0. The van der Waals surface area contributed by atoms with Gasteiger partial charge in [0.15, 0.2) is 0 Å². The molecule has 0 aromatic heterocycles.